The Morgan fingerprint density at radius 2 is 1.73 bits per heavy atom. The number of nitrogens with one attached hydrogen (secondary N) is 3. The lowest BCUT2D eigenvalue weighted by Crippen LogP contribution is -2.18. The van der Waals surface area contributed by atoms with Gasteiger partial charge in [0.2, 0.25) is 0 Å². The molecule has 1 saturated heterocycles. The fraction of sp³-hybridized carbons (Fsp3) is 0.207. The summed E-state index contributed by atoms with van der Waals surface area (Å²) in [6, 6.07) is 15.3. The van der Waals surface area contributed by atoms with Crippen LogP contribution in [0.5, 0.6) is 0 Å². The number of hydrogen-bond donors (Lipinski definition) is 3. The van der Waals surface area contributed by atoms with Crippen molar-refractivity contribution < 1.29 is 4.39 Å². The summed E-state index contributed by atoms with van der Waals surface area (Å²) in [5.41, 5.74) is 8.08. The Balaban J connectivity index is 1.21. The normalized spacial score (nSPS) is 17.1. The number of pyridine rings is 2. The molecule has 1 fully saturated rings. The number of rotatable bonds is 5. The molecule has 2 aliphatic heterocycles. The molecule has 1 unspecified atom stereocenters. The third kappa shape index (κ3) is 3.99. The van der Waals surface area contributed by atoms with Crippen LogP contribution in [0.1, 0.15) is 30.3 Å². The molecule has 0 radical (unpaired) electrons. The summed E-state index contributed by atoms with van der Waals surface area (Å²) in [6.07, 6.45) is 9.63. The van der Waals surface area contributed by atoms with E-state index in [2.05, 4.69) is 53.9 Å². The molecule has 8 heteroatoms. The molecule has 2 aliphatic rings. The summed E-state index contributed by atoms with van der Waals surface area (Å²) in [5.74, 6) is -0.278. The maximum absolute atomic E-state index is 14.6. The zero-order valence-electron chi connectivity index (χ0n) is 20.2. The minimum atomic E-state index is -0.278. The van der Waals surface area contributed by atoms with Gasteiger partial charge in [-0.1, -0.05) is 24.3 Å². The van der Waals surface area contributed by atoms with Gasteiger partial charge in [-0.25, -0.2) is 4.39 Å². The standard InChI is InChI=1S/C29H26FN7/c30-24-6-2-1-5-21(24)23-15-32-16-26-27(23)34-29(33-26)28-22-12-19(7-8-25(22)35-36-28)20-11-18(13-31-14-20)17-37-9-3-4-10-37/h1-2,5-8,11-16,29,33-34H,3-4,9-10,17H2,(H,35,36). The van der Waals surface area contributed by atoms with Gasteiger partial charge in [-0.2, -0.15) is 5.10 Å². The number of anilines is 2. The zero-order chi connectivity index (χ0) is 24.8. The van der Waals surface area contributed by atoms with E-state index in [1.165, 1.54) is 24.5 Å². The SMILES string of the molecule is Fc1ccccc1-c1cncc2c1NC(c1[nH]nc3ccc(-c4cncc(CN5CCCC5)c4)cc13)N2. The van der Waals surface area contributed by atoms with E-state index in [1.54, 1.807) is 24.5 Å². The predicted octanol–water partition coefficient (Wildman–Crippen LogP) is 5.96. The Kier molecular flexibility index (Phi) is 5.32. The van der Waals surface area contributed by atoms with Crippen molar-refractivity contribution in [1.82, 2.24) is 25.1 Å². The number of aromatic amines is 1. The number of fused-ring (bicyclic) bond motifs is 2. The van der Waals surface area contributed by atoms with E-state index in [9.17, 15) is 4.39 Å². The quantitative estimate of drug-likeness (QED) is 0.282. The second-order valence-electron chi connectivity index (χ2n) is 9.75. The topological polar surface area (TPSA) is 81.8 Å². The van der Waals surface area contributed by atoms with E-state index in [-0.39, 0.29) is 12.0 Å². The molecular weight excluding hydrogens is 465 g/mol. The van der Waals surface area contributed by atoms with Gasteiger partial charge in [0.25, 0.3) is 0 Å². The number of nitrogens with zero attached hydrogens (tertiary/aromatic N) is 4. The van der Waals surface area contributed by atoms with Crippen LogP contribution in [0.25, 0.3) is 33.2 Å². The van der Waals surface area contributed by atoms with Gasteiger partial charge in [0, 0.05) is 47.2 Å². The number of halogens is 1. The van der Waals surface area contributed by atoms with Gasteiger partial charge >= 0.3 is 0 Å². The van der Waals surface area contributed by atoms with Crippen molar-refractivity contribution in [2.24, 2.45) is 0 Å². The van der Waals surface area contributed by atoms with Crippen molar-refractivity contribution in [3.63, 3.8) is 0 Å². The predicted molar refractivity (Wildman–Crippen MR) is 143 cm³/mol. The second kappa shape index (κ2) is 8.97. The fourth-order valence-corrected chi connectivity index (χ4v) is 5.45. The van der Waals surface area contributed by atoms with Crippen molar-refractivity contribution in [3.05, 3.63) is 90.4 Å². The molecule has 3 aromatic heterocycles. The molecular formula is C29H26FN7. The van der Waals surface area contributed by atoms with Gasteiger partial charge in [-0.15, -0.1) is 0 Å². The fourth-order valence-electron chi connectivity index (χ4n) is 5.45. The molecule has 184 valence electrons. The highest BCUT2D eigenvalue weighted by Gasteiger charge is 2.28. The van der Waals surface area contributed by atoms with E-state index < -0.39 is 0 Å². The van der Waals surface area contributed by atoms with Gasteiger partial charge in [0.1, 0.15) is 12.0 Å². The molecule has 1 atom stereocenters. The molecule has 0 bridgehead atoms. The summed E-state index contributed by atoms with van der Waals surface area (Å²) in [6.45, 7) is 3.26. The first kappa shape index (κ1) is 21.9. The van der Waals surface area contributed by atoms with E-state index >= 15 is 0 Å². The molecule has 0 spiro atoms. The monoisotopic (exact) mass is 491 g/mol. The molecule has 2 aromatic carbocycles. The number of aromatic nitrogens is 4. The van der Waals surface area contributed by atoms with Crippen molar-refractivity contribution in [2.75, 3.05) is 23.7 Å². The molecule has 0 aliphatic carbocycles. The molecule has 0 saturated carbocycles. The van der Waals surface area contributed by atoms with Gasteiger partial charge in [-0.05, 0) is 61.3 Å². The van der Waals surface area contributed by atoms with Crippen molar-refractivity contribution >= 4 is 22.3 Å². The Bertz CT molecular complexity index is 1610. The second-order valence-corrected chi connectivity index (χ2v) is 9.75. The van der Waals surface area contributed by atoms with E-state index in [4.69, 9.17) is 0 Å². The largest absolute Gasteiger partial charge is 0.358 e. The first-order chi connectivity index (χ1) is 18.2. The van der Waals surface area contributed by atoms with E-state index in [0.29, 0.717) is 5.56 Å². The van der Waals surface area contributed by atoms with Gasteiger partial charge in [0.15, 0.2) is 0 Å². The minimum absolute atomic E-state index is 0.260. The van der Waals surface area contributed by atoms with Crippen molar-refractivity contribution in [2.45, 2.75) is 25.6 Å². The number of benzene rings is 2. The summed E-state index contributed by atoms with van der Waals surface area (Å²) in [4.78, 5) is 11.4. The highest BCUT2D eigenvalue weighted by molar-refractivity contribution is 5.92. The lowest BCUT2D eigenvalue weighted by atomic mass is 10.0. The Labute approximate surface area is 213 Å². The van der Waals surface area contributed by atoms with Crippen LogP contribution in [0.2, 0.25) is 0 Å². The van der Waals surface area contributed by atoms with Crippen LogP contribution >= 0.6 is 0 Å². The Morgan fingerprint density at radius 1 is 0.865 bits per heavy atom. The van der Waals surface area contributed by atoms with E-state index in [1.807, 2.05) is 24.5 Å². The van der Waals surface area contributed by atoms with E-state index in [0.717, 1.165) is 64.3 Å². The number of likely N-dealkylation sites (tertiary alicyclic amines) is 1. The molecule has 37 heavy (non-hydrogen) atoms. The van der Waals surface area contributed by atoms with Gasteiger partial charge < -0.3 is 10.6 Å². The molecule has 7 rings (SSSR count). The lowest BCUT2D eigenvalue weighted by Gasteiger charge is -2.15. The number of H-pyrrole nitrogens is 1. The zero-order valence-corrected chi connectivity index (χ0v) is 20.2. The molecule has 5 heterocycles. The van der Waals surface area contributed by atoms with Crippen LogP contribution in [0, 0.1) is 5.82 Å². The van der Waals surface area contributed by atoms with Crippen LogP contribution < -0.4 is 10.6 Å². The lowest BCUT2D eigenvalue weighted by molar-refractivity contribution is 0.331. The average molecular weight is 492 g/mol. The maximum Gasteiger partial charge on any atom is 0.141 e. The van der Waals surface area contributed by atoms with Crippen molar-refractivity contribution in [3.8, 4) is 22.3 Å². The summed E-state index contributed by atoms with van der Waals surface area (Å²) in [7, 11) is 0. The van der Waals surface area contributed by atoms with Crippen molar-refractivity contribution in [1.29, 1.82) is 0 Å². The molecule has 5 aromatic rings. The first-order valence-corrected chi connectivity index (χ1v) is 12.6. The van der Waals surface area contributed by atoms with Crippen LogP contribution in [-0.2, 0) is 6.54 Å². The summed E-state index contributed by atoms with van der Waals surface area (Å²) in [5, 5.41) is 15.8. The molecule has 0 amide bonds. The Morgan fingerprint density at radius 3 is 2.62 bits per heavy atom. The minimum Gasteiger partial charge on any atom is -0.358 e. The summed E-state index contributed by atoms with van der Waals surface area (Å²) >= 11 is 0. The average Bonchev–Trinajstić information content (AvgIpc) is 3.68. The molecule has 7 nitrogen and oxygen atoms in total. The smallest absolute Gasteiger partial charge is 0.141 e. The van der Waals surface area contributed by atoms with Crippen LogP contribution in [0.4, 0.5) is 15.8 Å². The highest BCUT2D eigenvalue weighted by Crippen LogP contribution is 2.43. The third-order valence-electron chi connectivity index (χ3n) is 7.30. The summed E-state index contributed by atoms with van der Waals surface area (Å²) < 4.78 is 14.6. The number of hydrogen-bond acceptors (Lipinski definition) is 6. The molecule has 3 N–H and O–H groups in total. The van der Waals surface area contributed by atoms with Crippen LogP contribution in [-0.4, -0.2) is 38.2 Å². The van der Waals surface area contributed by atoms with Crippen LogP contribution in [0.15, 0.2) is 73.3 Å². The third-order valence-corrected chi connectivity index (χ3v) is 7.30. The Hall–Kier alpha value is -4.30. The van der Waals surface area contributed by atoms with Gasteiger partial charge in [0.05, 0.1) is 28.8 Å². The first-order valence-electron chi connectivity index (χ1n) is 12.6. The highest BCUT2D eigenvalue weighted by atomic mass is 19.1. The van der Waals surface area contributed by atoms with Crippen LogP contribution in [0.3, 0.4) is 0 Å². The maximum atomic E-state index is 14.6. The van der Waals surface area contributed by atoms with Gasteiger partial charge in [-0.3, -0.25) is 20.0 Å².